The molecule has 6 heteroatoms. The van der Waals surface area contributed by atoms with Gasteiger partial charge in [-0.1, -0.05) is 0 Å². The van der Waals surface area contributed by atoms with E-state index in [0.717, 1.165) is 13.1 Å². The van der Waals surface area contributed by atoms with Gasteiger partial charge in [-0.15, -0.1) is 0 Å². The molecule has 0 spiro atoms. The first-order valence-corrected chi connectivity index (χ1v) is 12.1. The summed E-state index contributed by atoms with van der Waals surface area (Å²) < 4.78 is 12.1. The van der Waals surface area contributed by atoms with Gasteiger partial charge in [0.25, 0.3) is 0 Å². The summed E-state index contributed by atoms with van der Waals surface area (Å²) in [6.07, 6.45) is 5.00. The van der Waals surface area contributed by atoms with Crippen LogP contribution in [0.2, 0.25) is 0 Å². The van der Waals surface area contributed by atoms with Crippen LogP contribution in [-0.4, -0.2) is 18.3 Å². The number of imidazole rings is 2. The van der Waals surface area contributed by atoms with Crippen molar-refractivity contribution in [2.75, 3.05) is 0 Å². The molecule has 28 heavy (non-hydrogen) atoms. The molecule has 0 bridgehead atoms. The van der Waals surface area contributed by atoms with E-state index >= 15 is 0 Å². The van der Waals surface area contributed by atoms with Crippen molar-refractivity contribution in [1.29, 1.82) is 0 Å². The number of para-hydroxylation sites is 4. The third-order valence-corrected chi connectivity index (χ3v) is 8.26. The van der Waals surface area contributed by atoms with Gasteiger partial charge in [-0.25, -0.2) is 0 Å². The first-order valence-electron chi connectivity index (χ1n) is 9.79. The molecule has 0 aliphatic heterocycles. The van der Waals surface area contributed by atoms with Gasteiger partial charge in [0.1, 0.15) is 0 Å². The minimum atomic E-state index is 1.10. The third-order valence-electron chi connectivity index (χ3n) is 5.51. The van der Waals surface area contributed by atoms with Crippen molar-refractivity contribution in [3.8, 4) is 0 Å². The van der Waals surface area contributed by atoms with Crippen LogP contribution in [0.1, 0.15) is 25.7 Å². The van der Waals surface area contributed by atoms with E-state index in [2.05, 4.69) is 120 Å². The van der Waals surface area contributed by atoms with Crippen molar-refractivity contribution in [1.82, 2.24) is 18.3 Å². The molecule has 0 radical (unpaired) electrons. The fourth-order valence-corrected chi connectivity index (χ4v) is 5.59. The fraction of sp³-hybridized carbons (Fsp3) is 0.364. The van der Waals surface area contributed by atoms with E-state index < -0.39 is 0 Å². The molecule has 154 valence electrons. The van der Waals surface area contributed by atoms with Crippen molar-refractivity contribution in [2.24, 2.45) is 14.1 Å². The summed E-state index contributed by atoms with van der Waals surface area (Å²) in [6, 6.07) is 17.4. The molecule has 0 aliphatic carbocycles. The number of benzene rings is 2. The van der Waals surface area contributed by atoms with Crippen molar-refractivity contribution >= 4 is 22.1 Å². The second-order valence-corrected chi connectivity index (χ2v) is 9.33. The Kier molecular flexibility index (Phi) is 6.18. The SMILES string of the molecule is Cn1[c](=[Pt])n(CCCCCCn2[c](=[Pt])n(C)c3ccccc32)c2ccccc21. The van der Waals surface area contributed by atoms with Crippen molar-refractivity contribution in [3.63, 3.8) is 0 Å². The summed E-state index contributed by atoms with van der Waals surface area (Å²) in [6.45, 7) is 2.19. The first kappa shape index (κ1) is 20.0. The van der Waals surface area contributed by atoms with Crippen molar-refractivity contribution in [2.45, 2.75) is 38.8 Å². The zero-order chi connectivity index (χ0) is 19.7. The average molecular weight is 737 g/mol. The number of aryl methyl sites for hydroxylation is 4. The molecule has 4 nitrogen and oxygen atoms in total. The van der Waals surface area contributed by atoms with Crippen LogP contribution in [-0.2, 0) is 65.9 Å². The zero-order valence-corrected chi connectivity index (χ0v) is 20.8. The number of hydrogen-bond donors (Lipinski definition) is 0. The molecule has 0 unspecified atom stereocenters. The van der Waals surface area contributed by atoms with Gasteiger partial charge in [-0.05, 0) is 0 Å². The Morgan fingerprint density at radius 2 is 0.929 bits per heavy atom. The molecule has 0 fully saturated rings. The summed E-state index contributed by atoms with van der Waals surface area (Å²) in [5.41, 5.74) is 5.32. The molecule has 0 amide bonds. The third kappa shape index (κ3) is 3.66. The summed E-state index contributed by atoms with van der Waals surface area (Å²) in [4.78, 5) is 0. The summed E-state index contributed by atoms with van der Waals surface area (Å²) in [7, 11) is 4.31. The first-order chi connectivity index (χ1) is 13.6. The normalized spacial score (nSPS) is 11.8. The number of fused-ring (bicyclic) bond motifs is 2. The Morgan fingerprint density at radius 3 is 1.32 bits per heavy atom. The van der Waals surface area contributed by atoms with E-state index in [-0.39, 0.29) is 0 Å². The molecule has 2 aromatic carbocycles. The van der Waals surface area contributed by atoms with E-state index in [1.807, 2.05) is 0 Å². The molecule has 0 saturated heterocycles. The van der Waals surface area contributed by atoms with Gasteiger partial charge in [0, 0.05) is 0 Å². The van der Waals surface area contributed by atoms with Crippen LogP contribution in [0.25, 0.3) is 22.1 Å². The van der Waals surface area contributed by atoms with Crippen LogP contribution in [0, 0.1) is 7.61 Å². The molecule has 0 aliphatic rings. The molecular weight excluding hydrogens is 710 g/mol. The van der Waals surface area contributed by atoms with Gasteiger partial charge in [0.2, 0.25) is 0 Å². The van der Waals surface area contributed by atoms with Crippen LogP contribution >= 0.6 is 0 Å². The Balaban J connectivity index is 1.35. The minimum absolute atomic E-state index is 1.10. The van der Waals surface area contributed by atoms with Gasteiger partial charge >= 0.3 is 188 Å². The van der Waals surface area contributed by atoms with Gasteiger partial charge in [0.15, 0.2) is 0 Å². The number of aromatic nitrogens is 4. The molecule has 2 aromatic heterocycles. The predicted molar refractivity (Wildman–Crippen MR) is 107 cm³/mol. The quantitative estimate of drug-likeness (QED) is 0.246. The van der Waals surface area contributed by atoms with E-state index in [9.17, 15) is 0 Å². The van der Waals surface area contributed by atoms with Crippen LogP contribution in [0.15, 0.2) is 48.5 Å². The van der Waals surface area contributed by atoms with Gasteiger partial charge in [0.05, 0.1) is 0 Å². The zero-order valence-electron chi connectivity index (χ0n) is 16.3. The van der Waals surface area contributed by atoms with E-state index in [1.165, 1.54) is 55.4 Å². The maximum atomic E-state index is 2.46. The molecule has 4 rings (SSSR count). The monoisotopic (exact) mass is 736 g/mol. The molecular formula is C22H26N4Pt2. The van der Waals surface area contributed by atoms with Crippen LogP contribution in [0.4, 0.5) is 0 Å². The van der Waals surface area contributed by atoms with E-state index in [0.29, 0.717) is 0 Å². The Hall–Kier alpha value is -1.24. The molecule has 4 aromatic rings. The molecule has 2 heterocycles. The van der Waals surface area contributed by atoms with E-state index in [1.54, 1.807) is 0 Å². The summed E-state index contributed by atoms with van der Waals surface area (Å²) >= 11 is 4.90. The number of unbranched alkanes of at least 4 members (excludes halogenated alkanes) is 3. The molecule has 0 saturated carbocycles. The van der Waals surface area contributed by atoms with E-state index in [4.69, 9.17) is 0 Å². The van der Waals surface area contributed by atoms with Crippen LogP contribution in [0.5, 0.6) is 0 Å². The van der Waals surface area contributed by atoms with Gasteiger partial charge < -0.3 is 0 Å². The standard InChI is InChI=1S/C22H26N4.2Pt/c1-23-17-25(21-13-7-5-11-19(21)23)15-9-3-4-10-16-26-18-24(2)20-12-6-8-14-22(20)26;;/h5-8,11-14H,3-4,9-10,15-16H2,1-2H3;;. The van der Waals surface area contributed by atoms with Crippen LogP contribution in [0.3, 0.4) is 0 Å². The number of nitrogens with zero attached hydrogens (tertiary/aromatic N) is 4. The number of rotatable bonds is 7. The summed E-state index contributed by atoms with van der Waals surface area (Å²) in [5.74, 6) is 0. The molecule has 0 N–H and O–H groups in total. The Bertz CT molecular complexity index is 1140. The molecule has 0 atom stereocenters. The summed E-state index contributed by atoms with van der Waals surface area (Å²) in [5, 5.41) is 0. The fourth-order valence-electron chi connectivity index (χ4n) is 3.99. The van der Waals surface area contributed by atoms with Gasteiger partial charge in [-0.3, -0.25) is 0 Å². The Labute approximate surface area is 187 Å². The number of hydrogen-bond acceptors (Lipinski definition) is 0. The van der Waals surface area contributed by atoms with Crippen LogP contribution < -0.4 is 0 Å². The Morgan fingerprint density at radius 1 is 0.571 bits per heavy atom. The average Bonchev–Trinajstić information content (AvgIpc) is 3.11. The second kappa shape index (κ2) is 8.64. The van der Waals surface area contributed by atoms with Crippen molar-refractivity contribution in [3.05, 3.63) is 56.1 Å². The van der Waals surface area contributed by atoms with Crippen molar-refractivity contribution < 1.29 is 38.7 Å². The van der Waals surface area contributed by atoms with Gasteiger partial charge in [-0.2, -0.15) is 0 Å². The maximum absolute atomic E-state index is 2.46. The second-order valence-electron chi connectivity index (χ2n) is 7.30. The topological polar surface area (TPSA) is 19.7 Å². The predicted octanol–water partition coefficient (Wildman–Crippen LogP) is 4.69.